The van der Waals surface area contributed by atoms with Gasteiger partial charge in [0.15, 0.2) is 0 Å². The minimum Gasteiger partial charge on any atom is -0.494 e. The molecular weight excluding hydrogens is 306 g/mol. The van der Waals surface area contributed by atoms with E-state index in [0.717, 1.165) is 22.4 Å². The molecule has 0 bridgehead atoms. The third-order valence-electron chi connectivity index (χ3n) is 2.97. The van der Waals surface area contributed by atoms with Gasteiger partial charge in [0, 0.05) is 6.42 Å². The molecule has 4 heteroatoms. The number of benzene rings is 1. The molecule has 0 amide bonds. The van der Waals surface area contributed by atoms with E-state index in [1.165, 1.54) is 5.56 Å². The predicted octanol–water partition coefficient (Wildman–Crippen LogP) is 4.08. The molecule has 0 aliphatic heterocycles. The van der Waals surface area contributed by atoms with E-state index in [4.69, 9.17) is 9.15 Å². The Labute approximate surface area is 122 Å². The van der Waals surface area contributed by atoms with Crippen LogP contribution in [0.4, 0.5) is 0 Å². The largest absolute Gasteiger partial charge is 0.494 e. The van der Waals surface area contributed by atoms with Crippen LogP contribution in [0, 0.1) is 6.92 Å². The zero-order valence-electron chi connectivity index (χ0n) is 11.2. The number of ether oxygens (including phenoxy) is 1. The molecule has 2 aromatic rings. The summed E-state index contributed by atoms with van der Waals surface area (Å²) >= 11 is 3.48. The van der Waals surface area contributed by atoms with Crippen LogP contribution in [0.2, 0.25) is 0 Å². The molecule has 1 atom stereocenters. The van der Waals surface area contributed by atoms with Gasteiger partial charge in [0.2, 0.25) is 0 Å². The fourth-order valence-corrected chi connectivity index (χ4v) is 2.44. The van der Waals surface area contributed by atoms with E-state index in [9.17, 15) is 0 Å². The lowest BCUT2D eigenvalue weighted by Crippen LogP contribution is -2.18. The van der Waals surface area contributed by atoms with Crippen molar-refractivity contribution in [2.45, 2.75) is 19.4 Å². The minimum absolute atomic E-state index is 0.147. The van der Waals surface area contributed by atoms with Gasteiger partial charge in [0.1, 0.15) is 11.5 Å². The van der Waals surface area contributed by atoms with E-state index in [1.807, 2.05) is 31.3 Å². The van der Waals surface area contributed by atoms with Crippen LogP contribution < -0.4 is 10.1 Å². The maximum atomic E-state index is 5.76. The molecule has 0 spiro atoms. The van der Waals surface area contributed by atoms with E-state index < -0.39 is 0 Å². The lowest BCUT2D eigenvalue weighted by Gasteiger charge is -2.15. The van der Waals surface area contributed by atoms with Crippen LogP contribution in [-0.2, 0) is 0 Å². The molecule has 2 rings (SSSR count). The third kappa shape index (κ3) is 3.85. The molecule has 0 saturated heterocycles. The molecule has 1 N–H and O–H groups in total. The van der Waals surface area contributed by atoms with Crippen LogP contribution in [0.15, 0.2) is 45.5 Å². The van der Waals surface area contributed by atoms with Gasteiger partial charge in [0.05, 0.1) is 23.4 Å². The quantitative estimate of drug-likeness (QED) is 0.869. The second kappa shape index (κ2) is 6.78. The summed E-state index contributed by atoms with van der Waals surface area (Å²) in [6.45, 7) is 2.70. The summed E-state index contributed by atoms with van der Waals surface area (Å²) in [5.74, 6) is 1.82. The summed E-state index contributed by atoms with van der Waals surface area (Å²) in [6, 6.07) is 10.1. The van der Waals surface area contributed by atoms with Crippen molar-refractivity contribution in [2.24, 2.45) is 0 Å². The van der Waals surface area contributed by atoms with Crippen molar-refractivity contribution in [2.75, 3.05) is 13.7 Å². The standard InChI is InChI=1S/C15H18BrNO2/c1-11-4-3-5-12(10-11)18-9-7-14(17-2)15-13(16)6-8-19-15/h3-6,8,10,14,17H,7,9H2,1-2H3. The molecule has 0 fully saturated rings. The summed E-state index contributed by atoms with van der Waals surface area (Å²) < 4.78 is 12.2. The highest BCUT2D eigenvalue weighted by molar-refractivity contribution is 9.10. The first-order valence-corrected chi connectivity index (χ1v) is 7.09. The number of hydrogen-bond acceptors (Lipinski definition) is 3. The average molecular weight is 324 g/mol. The molecule has 0 aliphatic carbocycles. The van der Waals surface area contributed by atoms with E-state index in [1.54, 1.807) is 6.26 Å². The van der Waals surface area contributed by atoms with Gasteiger partial charge in [0.25, 0.3) is 0 Å². The third-order valence-corrected chi connectivity index (χ3v) is 3.63. The van der Waals surface area contributed by atoms with Gasteiger partial charge in [-0.1, -0.05) is 12.1 Å². The van der Waals surface area contributed by atoms with E-state index in [0.29, 0.717) is 6.61 Å². The first-order valence-electron chi connectivity index (χ1n) is 6.30. The van der Waals surface area contributed by atoms with E-state index in [-0.39, 0.29) is 6.04 Å². The fourth-order valence-electron chi connectivity index (χ4n) is 1.96. The topological polar surface area (TPSA) is 34.4 Å². The van der Waals surface area contributed by atoms with Crippen molar-refractivity contribution in [1.29, 1.82) is 0 Å². The minimum atomic E-state index is 0.147. The Kier molecular flexibility index (Phi) is 5.05. The number of aryl methyl sites for hydroxylation is 1. The van der Waals surface area contributed by atoms with Crippen LogP contribution in [-0.4, -0.2) is 13.7 Å². The van der Waals surface area contributed by atoms with Gasteiger partial charge in [-0.15, -0.1) is 0 Å². The Morgan fingerprint density at radius 1 is 1.37 bits per heavy atom. The molecule has 0 radical (unpaired) electrons. The highest BCUT2D eigenvalue weighted by Crippen LogP contribution is 2.26. The molecule has 3 nitrogen and oxygen atoms in total. The second-order valence-corrected chi connectivity index (χ2v) is 5.28. The molecule has 1 aromatic carbocycles. The summed E-state index contributed by atoms with van der Waals surface area (Å²) in [5, 5.41) is 3.24. The van der Waals surface area contributed by atoms with Crippen LogP contribution in [0.5, 0.6) is 5.75 Å². The van der Waals surface area contributed by atoms with Crippen molar-refractivity contribution in [1.82, 2.24) is 5.32 Å². The Bertz CT molecular complexity index is 524. The average Bonchev–Trinajstić information content (AvgIpc) is 2.81. The van der Waals surface area contributed by atoms with Crippen molar-refractivity contribution >= 4 is 15.9 Å². The SMILES string of the molecule is CNC(CCOc1cccc(C)c1)c1occc1Br. The van der Waals surface area contributed by atoms with Crippen LogP contribution in [0.3, 0.4) is 0 Å². The summed E-state index contributed by atoms with van der Waals surface area (Å²) in [6.07, 6.45) is 2.53. The second-order valence-electron chi connectivity index (χ2n) is 4.43. The molecule has 0 saturated carbocycles. The number of hydrogen-bond donors (Lipinski definition) is 1. The monoisotopic (exact) mass is 323 g/mol. The highest BCUT2D eigenvalue weighted by Gasteiger charge is 2.15. The normalized spacial score (nSPS) is 12.4. The van der Waals surface area contributed by atoms with Crippen LogP contribution in [0.1, 0.15) is 23.8 Å². The van der Waals surface area contributed by atoms with Crippen molar-refractivity contribution in [3.8, 4) is 5.75 Å². The smallest absolute Gasteiger partial charge is 0.134 e. The fraction of sp³-hybridized carbons (Fsp3) is 0.333. The first kappa shape index (κ1) is 14.2. The lowest BCUT2D eigenvalue weighted by atomic mass is 10.1. The number of nitrogens with one attached hydrogen (secondary N) is 1. The number of halogens is 1. The van der Waals surface area contributed by atoms with Gasteiger partial charge in [-0.3, -0.25) is 0 Å². The Hall–Kier alpha value is -1.26. The van der Waals surface area contributed by atoms with Crippen LogP contribution in [0.25, 0.3) is 0 Å². The summed E-state index contributed by atoms with van der Waals surface area (Å²) in [5.41, 5.74) is 1.21. The van der Waals surface area contributed by atoms with E-state index >= 15 is 0 Å². The Morgan fingerprint density at radius 3 is 2.84 bits per heavy atom. The van der Waals surface area contributed by atoms with Gasteiger partial charge in [-0.05, 0) is 53.7 Å². The number of rotatable bonds is 6. The molecule has 19 heavy (non-hydrogen) atoms. The maximum absolute atomic E-state index is 5.76. The maximum Gasteiger partial charge on any atom is 0.134 e. The van der Waals surface area contributed by atoms with Crippen LogP contribution >= 0.6 is 15.9 Å². The molecule has 0 aliphatic rings. The van der Waals surface area contributed by atoms with Gasteiger partial charge in [-0.2, -0.15) is 0 Å². The first-order chi connectivity index (χ1) is 9.20. The summed E-state index contributed by atoms with van der Waals surface area (Å²) in [4.78, 5) is 0. The van der Waals surface area contributed by atoms with E-state index in [2.05, 4.69) is 34.2 Å². The molecule has 1 unspecified atom stereocenters. The van der Waals surface area contributed by atoms with Gasteiger partial charge >= 0.3 is 0 Å². The molecule has 1 aromatic heterocycles. The van der Waals surface area contributed by atoms with Crippen molar-refractivity contribution < 1.29 is 9.15 Å². The zero-order valence-corrected chi connectivity index (χ0v) is 12.7. The summed E-state index contributed by atoms with van der Waals surface area (Å²) in [7, 11) is 1.92. The molecular formula is C15H18BrNO2. The Balaban J connectivity index is 1.89. The predicted molar refractivity (Wildman–Crippen MR) is 79.5 cm³/mol. The number of furan rings is 1. The molecule has 102 valence electrons. The zero-order chi connectivity index (χ0) is 13.7. The van der Waals surface area contributed by atoms with Gasteiger partial charge in [-0.25, -0.2) is 0 Å². The lowest BCUT2D eigenvalue weighted by molar-refractivity contribution is 0.277. The highest BCUT2D eigenvalue weighted by atomic mass is 79.9. The van der Waals surface area contributed by atoms with Gasteiger partial charge < -0.3 is 14.5 Å². The molecule has 1 heterocycles. The van der Waals surface area contributed by atoms with Crippen molar-refractivity contribution in [3.05, 3.63) is 52.4 Å². The van der Waals surface area contributed by atoms with Crippen molar-refractivity contribution in [3.63, 3.8) is 0 Å². The Morgan fingerprint density at radius 2 is 2.21 bits per heavy atom.